The number of aromatic hydroxyl groups is 1. The third-order valence-electron chi connectivity index (χ3n) is 5.94. The van der Waals surface area contributed by atoms with Crippen LogP contribution in [-0.2, 0) is 30.8 Å². The van der Waals surface area contributed by atoms with Crippen molar-refractivity contribution in [2.45, 2.75) is 29.3 Å². The van der Waals surface area contributed by atoms with Crippen LogP contribution >= 0.6 is 0 Å². The lowest BCUT2D eigenvalue weighted by Crippen LogP contribution is -2.64. The molecular formula is C21H21N4O6S. The molecule has 167 valence electrons. The molecule has 11 heteroatoms. The van der Waals surface area contributed by atoms with Gasteiger partial charge in [-0.15, -0.1) is 0 Å². The van der Waals surface area contributed by atoms with Gasteiger partial charge < -0.3 is 15.7 Å². The first-order valence-corrected chi connectivity index (χ1v) is 11.3. The fraction of sp³-hybridized carbons (Fsp3) is 0.286. The molecule has 32 heavy (non-hydrogen) atoms. The molecule has 1 aromatic carbocycles. The minimum absolute atomic E-state index is 0.00329. The quantitative estimate of drug-likeness (QED) is 0.562. The monoisotopic (exact) mass is 457 g/mol. The molecule has 0 bridgehead atoms. The molecule has 2 aliphatic heterocycles. The number of primary amides is 1. The number of aromatic nitrogens is 1. The van der Waals surface area contributed by atoms with Gasteiger partial charge in [0.1, 0.15) is 10.6 Å². The predicted molar refractivity (Wildman–Crippen MR) is 111 cm³/mol. The SMILES string of the molecule is NC(=O)C12C(=O)CN(S(=O)(=O)c3cccnc3)C1CCN2C(=O)[CH]Cc1ccc(O)cc1. The summed E-state index contributed by atoms with van der Waals surface area (Å²) in [5.74, 6) is -2.29. The number of phenols is 1. The number of benzene rings is 1. The van der Waals surface area contributed by atoms with Gasteiger partial charge in [0.25, 0.3) is 5.91 Å². The minimum atomic E-state index is -4.14. The molecule has 2 atom stereocenters. The van der Waals surface area contributed by atoms with Crippen LogP contribution < -0.4 is 5.73 Å². The summed E-state index contributed by atoms with van der Waals surface area (Å²) in [6, 6.07) is 7.94. The summed E-state index contributed by atoms with van der Waals surface area (Å²) >= 11 is 0. The van der Waals surface area contributed by atoms with E-state index in [0.29, 0.717) is 0 Å². The van der Waals surface area contributed by atoms with Gasteiger partial charge in [0.05, 0.1) is 19.0 Å². The normalized spacial score (nSPS) is 23.3. The molecule has 2 aromatic rings. The Labute approximate surface area is 184 Å². The van der Waals surface area contributed by atoms with E-state index < -0.39 is 45.7 Å². The predicted octanol–water partition coefficient (Wildman–Crippen LogP) is -0.367. The maximum Gasteiger partial charge on any atom is 0.252 e. The van der Waals surface area contributed by atoms with E-state index in [4.69, 9.17) is 5.73 Å². The van der Waals surface area contributed by atoms with Crippen LogP contribution in [0, 0.1) is 6.42 Å². The van der Waals surface area contributed by atoms with Gasteiger partial charge in [0.2, 0.25) is 15.9 Å². The highest BCUT2D eigenvalue weighted by molar-refractivity contribution is 7.89. The van der Waals surface area contributed by atoms with E-state index in [-0.39, 0.29) is 30.0 Å². The summed E-state index contributed by atoms with van der Waals surface area (Å²) in [7, 11) is -4.14. The van der Waals surface area contributed by atoms with Crippen molar-refractivity contribution >= 4 is 27.6 Å². The molecule has 10 nitrogen and oxygen atoms in total. The van der Waals surface area contributed by atoms with E-state index in [9.17, 15) is 27.9 Å². The molecule has 2 unspecified atom stereocenters. The number of nitrogens with two attached hydrogens (primary N) is 1. The van der Waals surface area contributed by atoms with Crippen molar-refractivity contribution in [3.8, 4) is 5.75 Å². The lowest BCUT2D eigenvalue weighted by molar-refractivity contribution is -0.147. The number of nitrogens with zero attached hydrogens (tertiary/aromatic N) is 3. The number of phenolic OH excluding ortho intramolecular Hbond substituents is 1. The van der Waals surface area contributed by atoms with Crippen molar-refractivity contribution in [1.82, 2.24) is 14.2 Å². The molecule has 2 fully saturated rings. The Morgan fingerprint density at radius 2 is 1.97 bits per heavy atom. The van der Waals surface area contributed by atoms with Crippen LogP contribution in [0.3, 0.4) is 0 Å². The molecule has 4 rings (SSSR count). The highest BCUT2D eigenvalue weighted by atomic mass is 32.2. The number of likely N-dealkylation sites (tertiary alicyclic amines) is 1. The molecule has 0 aliphatic carbocycles. The molecule has 0 spiro atoms. The molecule has 0 saturated carbocycles. The van der Waals surface area contributed by atoms with E-state index in [1.54, 1.807) is 12.1 Å². The maximum absolute atomic E-state index is 13.2. The third kappa shape index (κ3) is 3.33. The summed E-state index contributed by atoms with van der Waals surface area (Å²) in [6.45, 7) is -0.560. The maximum atomic E-state index is 13.2. The number of carbonyl (C=O) groups is 3. The van der Waals surface area contributed by atoms with E-state index in [1.807, 2.05) is 0 Å². The first-order valence-electron chi connectivity index (χ1n) is 9.87. The number of hydrogen-bond acceptors (Lipinski definition) is 7. The fourth-order valence-corrected chi connectivity index (χ4v) is 6.03. The number of rotatable bonds is 6. The molecular weight excluding hydrogens is 436 g/mol. The Kier molecular flexibility index (Phi) is 5.47. The second-order valence-electron chi connectivity index (χ2n) is 7.66. The van der Waals surface area contributed by atoms with Crippen LogP contribution in [0.4, 0.5) is 0 Å². The summed E-state index contributed by atoms with van der Waals surface area (Å²) in [6.07, 6.45) is 4.17. The van der Waals surface area contributed by atoms with E-state index in [1.165, 1.54) is 36.9 Å². The highest BCUT2D eigenvalue weighted by Crippen LogP contribution is 2.42. The van der Waals surface area contributed by atoms with Gasteiger partial charge in [-0.05, 0) is 42.7 Å². The number of ketones is 1. The van der Waals surface area contributed by atoms with Gasteiger partial charge in [0.15, 0.2) is 11.3 Å². The number of pyridine rings is 1. The lowest BCUT2D eigenvalue weighted by atomic mass is 9.89. The average Bonchev–Trinajstić information content (AvgIpc) is 3.31. The van der Waals surface area contributed by atoms with Gasteiger partial charge >= 0.3 is 0 Å². The highest BCUT2D eigenvalue weighted by Gasteiger charge is 2.68. The summed E-state index contributed by atoms with van der Waals surface area (Å²) in [4.78, 5) is 43.4. The molecule has 2 aliphatic rings. The summed E-state index contributed by atoms with van der Waals surface area (Å²) in [5, 5.41) is 9.37. The van der Waals surface area contributed by atoms with Crippen molar-refractivity contribution in [3.63, 3.8) is 0 Å². The zero-order chi connectivity index (χ0) is 23.1. The number of carbonyl (C=O) groups excluding carboxylic acids is 3. The zero-order valence-electron chi connectivity index (χ0n) is 16.9. The Morgan fingerprint density at radius 3 is 2.59 bits per heavy atom. The topological polar surface area (TPSA) is 151 Å². The number of Topliss-reactive ketones (excluding diaryl/α,β-unsaturated/α-hetero) is 1. The second-order valence-corrected chi connectivity index (χ2v) is 9.55. The Bertz CT molecular complexity index is 1170. The van der Waals surface area contributed by atoms with E-state index in [2.05, 4.69) is 4.98 Å². The first kappa shape index (κ1) is 21.9. The average molecular weight is 457 g/mol. The molecule has 1 radical (unpaired) electrons. The van der Waals surface area contributed by atoms with Gasteiger partial charge in [-0.3, -0.25) is 19.4 Å². The van der Waals surface area contributed by atoms with Crippen LogP contribution in [0.25, 0.3) is 0 Å². The number of amides is 2. The van der Waals surface area contributed by atoms with Crippen LogP contribution in [0.1, 0.15) is 12.0 Å². The lowest BCUT2D eigenvalue weighted by Gasteiger charge is -2.34. The third-order valence-corrected chi connectivity index (χ3v) is 7.78. The molecule has 3 heterocycles. The largest absolute Gasteiger partial charge is 0.508 e. The van der Waals surface area contributed by atoms with Crippen molar-refractivity contribution in [2.24, 2.45) is 5.73 Å². The van der Waals surface area contributed by atoms with Crippen LogP contribution in [0.5, 0.6) is 5.75 Å². The molecule has 2 amide bonds. The standard InChI is InChI=1S/C21H21N4O6S/c22-20(29)21-17(25(13-18(21)27)32(30,31)16-2-1-10-23-12-16)9-11-24(21)19(28)8-5-14-3-6-15(26)7-4-14/h1-4,6-8,10,12,17,26H,5,9,11,13H2,(H2,22,29). The molecule has 3 N–H and O–H groups in total. The van der Waals surface area contributed by atoms with Crippen LogP contribution in [0.2, 0.25) is 0 Å². The van der Waals surface area contributed by atoms with Crippen molar-refractivity contribution < 1.29 is 27.9 Å². The summed E-state index contributed by atoms with van der Waals surface area (Å²) in [5.41, 5.74) is 4.31. The van der Waals surface area contributed by atoms with Crippen LogP contribution in [0.15, 0.2) is 53.7 Å². The zero-order valence-corrected chi connectivity index (χ0v) is 17.7. The Hall–Kier alpha value is -3.31. The second kappa shape index (κ2) is 7.99. The van der Waals surface area contributed by atoms with Crippen LogP contribution in [-0.4, -0.2) is 70.0 Å². The fourth-order valence-electron chi connectivity index (χ4n) is 4.43. The van der Waals surface area contributed by atoms with Gasteiger partial charge in [-0.1, -0.05) is 12.1 Å². The number of hydrogen-bond donors (Lipinski definition) is 2. The smallest absolute Gasteiger partial charge is 0.252 e. The number of fused-ring (bicyclic) bond motifs is 1. The summed E-state index contributed by atoms with van der Waals surface area (Å²) < 4.78 is 27.3. The van der Waals surface area contributed by atoms with Crippen molar-refractivity contribution in [2.75, 3.05) is 13.1 Å². The molecule has 2 saturated heterocycles. The Morgan fingerprint density at radius 1 is 1.25 bits per heavy atom. The van der Waals surface area contributed by atoms with Crippen molar-refractivity contribution in [1.29, 1.82) is 0 Å². The van der Waals surface area contributed by atoms with Gasteiger partial charge in [0, 0.05) is 18.9 Å². The van der Waals surface area contributed by atoms with Crippen molar-refractivity contribution in [3.05, 3.63) is 60.8 Å². The number of sulfonamides is 1. The Balaban J connectivity index is 1.62. The first-order chi connectivity index (χ1) is 15.2. The van der Waals surface area contributed by atoms with Gasteiger partial charge in [-0.25, -0.2) is 8.42 Å². The van der Waals surface area contributed by atoms with E-state index >= 15 is 0 Å². The minimum Gasteiger partial charge on any atom is -0.508 e. The van der Waals surface area contributed by atoms with Gasteiger partial charge in [-0.2, -0.15) is 4.31 Å². The molecule has 1 aromatic heterocycles. The van der Waals surface area contributed by atoms with E-state index in [0.717, 1.165) is 21.0 Å².